The van der Waals surface area contributed by atoms with E-state index in [-0.39, 0.29) is 6.04 Å². The Kier molecular flexibility index (Phi) is 3.13. The van der Waals surface area contributed by atoms with Gasteiger partial charge in [0.15, 0.2) is 0 Å². The Morgan fingerprint density at radius 2 is 1.95 bits per heavy atom. The first-order valence-electron chi connectivity index (χ1n) is 7.57. The summed E-state index contributed by atoms with van der Waals surface area (Å²) in [7, 11) is 0. The lowest BCUT2D eigenvalue weighted by molar-refractivity contribution is 0.164. The zero-order valence-corrected chi connectivity index (χ0v) is 13.0. The standard InChI is InChI=1S/C17H25N3/c1-11-7-14-15(8-12(11)2)20(10-19-14)16-9-17(3,4)6-5-13(16)18/h7-8,10,13,16H,5-6,9,18H2,1-4H3. The number of nitrogens with two attached hydrogens (primary N) is 1. The molecule has 1 aliphatic carbocycles. The molecule has 2 atom stereocenters. The Labute approximate surface area is 121 Å². The first kappa shape index (κ1) is 13.6. The van der Waals surface area contributed by atoms with Crippen molar-refractivity contribution in [3.05, 3.63) is 29.6 Å². The van der Waals surface area contributed by atoms with Crippen LogP contribution in [0.2, 0.25) is 0 Å². The van der Waals surface area contributed by atoms with Gasteiger partial charge in [-0.2, -0.15) is 0 Å². The van der Waals surface area contributed by atoms with E-state index in [1.54, 1.807) is 0 Å². The van der Waals surface area contributed by atoms with Gasteiger partial charge in [0.1, 0.15) is 0 Å². The van der Waals surface area contributed by atoms with Crippen molar-refractivity contribution in [2.75, 3.05) is 0 Å². The van der Waals surface area contributed by atoms with Gasteiger partial charge < -0.3 is 10.3 Å². The highest BCUT2D eigenvalue weighted by molar-refractivity contribution is 5.77. The highest BCUT2D eigenvalue weighted by atomic mass is 15.1. The molecule has 2 aromatic rings. The van der Waals surface area contributed by atoms with E-state index in [0.717, 1.165) is 18.4 Å². The lowest BCUT2D eigenvalue weighted by Crippen LogP contribution is -2.40. The fourth-order valence-electron chi connectivity index (χ4n) is 3.42. The summed E-state index contributed by atoms with van der Waals surface area (Å²) in [6.07, 6.45) is 5.43. The molecule has 1 fully saturated rings. The summed E-state index contributed by atoms with van der Waals surface area (Å²) in [5, 5.41) is 0. The number of aromatic nitrogens is 2. The molecule has 1 aromatic carbocycles. The van der Waals surface area contributed by atoms with Crippen molar-refractivity contribution >= 4 is 11.0 Å². The molecule has 0 radical (unpaired) electrons. The molecule has 0 bridgehead atoms. The Morgan fingerprint density at radius 1 is 1.25 bits per heavy atom. The van der Waals surface area contributed by atoms with Gasteiger partial charge in [-0.15, -0.1) is 0 Å². The van der Waals surface area contributed by atoms with E-state index in [9.17, 15) is 0 Å². The number of benzene rings is 1. The maximum atomic E-state index is 6.40. The van der Waals surface area contributed by atoms with Crippen LogP contribution in [0.15, 0.2) is 18.5 Å². The summed E-state index contributed by atoms with van der Waals surface area (Å²) in [6.45, 7) is 9.00. The van der Waals surface area contributed by atoms with Crippen LogP contribution in [0.25, 0.3) is 11.0 Å². The molecule has 1 aromatic heterocycles. The zero-order valence-electron chi connectivity index (χ0n) is 13.0. The third-order valence-corrected chi connectivity index (χ3v) is 4.96. The molecule has 1 heterocycles. The number of rotatable bonds is 1. The molecule has 1 saturated carbocycles. The predicted molar refractivity (Wildman–Crippen MR) is 83.9 cm³/mol. The number of fused-ring (bicyclic) bond motifs is 1. The monoisotopic (exact) mass is 271 g/mol. The lowest BCUT2D eigenvalue weighted by atomic mass is 9.73. The van der Waals surface area contributed by atoms with Crippen LogP contribution in [-0.4, -0.2) is 15.6 Å². The van der Waals surface area contributed by atoms with Gasteiger partial charge in [-0.25, -0.2) is 4.98 Å². The summed E-state index contributed by atoms with van der Waals surface area (Å²) in [6, 6.07) is 5.04. The molecule has 0 spiro atoms. The van der Waals surface area contributed by atoms with E-state index >= 15 is 0 Å². The molecule has 3 heteroatoms. The highest BCUT2D eigenvalue weighted by Crippen LogP contribution is 2.41. The zero-order chi connectivity index (χ0) is 14.5. The largest absolute Gasteiger partial charge is 0.326 e. The van der Waals surface area contributed by atoms with Crippen LogP contribution < -0.4 is 5.73 Å². The summed E-state index contributed by atoms with van der Waals surface area (Å²) >= 11 is 0. The minimum atomic E-state index is 0.238. The van der Waals surface area contributed by atoms with E-state index in [1.807, 2.05) is 6.33 Å². The average Bonchev–Trinajstić information content (AvgIpc) is 2.76. The quantitative estimate of drug-likeness (QED) is 0.858. The Balaban J connectivity index is 2.07. The van der Waals surface area contributed by atoms with Crippen molar-refractivity contribution in [1.82, 2.24) is 9.55 Å². The molecule has 108 valence electrons. The molecule has 1 aliphatic rings. The van der Waals surface area contributed by atoms with Crippen LogP contribution in [0.5, 0.6) is 0 Å². The molecule has 20 heavy (non-hydrogen) atoms. The van der Waals surface area contributed by atoms with E-state index in [2.05, 4.69) is 49.4 Å². The molecule has 0 amide bonds. The molecule has 2 unspecified atom stereocenters. The van der Waals surface area contributed by atoms with E-state index in [0.29, 0.717) is 11.5 Å². The first-order valence-corrected chi connectivity index (χ1v) is 7.57. The summed E-state index contributed by atoms with van der Waals surface area (Å²) < 4.78 is 2.31. The normalized spacial score (nSPS) is 26.1. The van der Waals surface area contributed by atoms with Crippen molar-refractivity contribution in [2.24, 2.45) is 11.1 Å². The number of hydrogen-bond acceptors (Lipinski definition) is 2. The molecule has 3 rings (SSSR count). The van der Waals surface area contributed by atoms with Gasteiger partial charge in [0.25, 0.3) is 0 Å². The molecule has 0 aliphatic heterocycles. The van der Waals surface area contributed by atoms with Crippen molar-refractivity contribution in [3.8, 4) is 0 Å². The fourth-order valence-corrected chi connectivity index (χ4v) is 3.42. The third kappa shape index (κ3) is 2.24. The minimum Gasteiger partial charge on any atom is -0.326 e. The minimum absolute atomic E-state index is 0.238. The second-order valence-corrected chi connectivity index (χ2v) is 7.22. The molecule has 2 N–H and O–H groups in total. The Hall–Kier alpha value is -1.35. The summed E-state index contributed by atoms with van der Waals surface area (Å²) in [5.41, 5.74) is 11.7. The SMILES string of the molecule is Cc1cc2ncn(C3CC(C)(C)CCC3N)c2cc1C. The first-order chi connectivity index (χ1) is 9.37. The van der Waals surface area contributed by atoms with Crippen LogP contribution in [0, 0.1) is 19.3 Å². The summed E-state index contributed by atoms with van der Waals surface area (Å²) in [5.74, 6) is 0. The fraction of sp³-hybridized carbons (Fsp3) is 0.588. The van der Waals surface area contributed by atoms with Crippen molar-refractivity contribution in [1.29, 1.82) is 0 Å². The number of aryl methyl sites for hydroxylation is 2. The molecule has 0 saturated heterocycles. The van der Waals surface area contributed by atoms with Gasteiger partial charge >= 0.3 is 0 Å². The van der Waals surface area contributed by atoms with Gasteiger partial charge in [0.05, 0.1) is 23.4 Å². The number of hydrogen-bond donors (Lipinski definition) is 1. The molecular formula is C17H25N3. The van der Waals surface area contributed by atoms with Crippen molar-refractivity contribution < 1.29 is 0 Å². The van der Waals surface area contributed by atoms with Gasteiger partial charge in [0, 0.05) is 6.04 Å². The van der Waals surface area contributed by atoms with Crippen LogP contribution in [-0.2, 0) is 0 Å². The van der Waals surface area contributed by atoms with Gasteiger partial charge in [-0.3, -0.25) is 0 Å². The smallest absolute Gasteiger partial charge is 0.0961 e. The maximum absolute atomic E-state index is 6.40. The molecular weight excluding hydrogens is 246 g/mol. The average molecular weight is 271 g/mol. The topological polar surface area (TPSA) is 43.8 Å². The van der Waals surface area contributed by atoms with Gasteiger partial charge in [-0.05, 0) is 61.8 Å². The third-order valence-electron chi connectivity index (χ3n) is 4.96. The lowest BCUT2D eigenvalue weighted by Gasteiger charge is -2.40. The number of imidazole rings is 1. The van der Waals surface area contributed by atoms with Gasteiger partial charge in [-0.1, -0.05) is 13.8 Å². The molecule has 3 nitrogen and oxygen atoms in total. The van der Waals surface area contributed by atoms with Crippen molar-refractivity contribution in [3.63, 3.8) is 0 Å². The van der Waals surface area contributed by atoms with E-state index in [1.165, 1.54) is 23.1 Å². The van der Waals surface area contributed by atoms with Crippen molar-refractivity contribution in [2.45, 2.75) is 59.0 Å². The maximum Gasteiger partial charge on any atom is 0.0961 e. The van der Waals surface area contributed by atoms with Crippen LogP contribution in [0.4, 0.5) is 0 Å². The van der Waals surface area contributed by atoms with E-state index in [4.69, 9.17) is 5.73 Å². The van der Waals surface area contributed by atoms with E-state index < -0.39 is 0 Å². The number of nitrogens with zero attached hydrogens (tertiary/aromatic N) is 2. The summed E-state index contributed by atoms with van der Waals surface area (Å²) in [4.78, 5) is 4.59. The second kappa shape index (κ2) is 4.59. The van der Waals surface area contributed by atoms with Crippen LogP contribution >= 0.6 is 0 Å². The Morgan fingerprint density at radius 3 is 2.70 bits per heavy atom. The van der Waals surface area contributed by atoms with Crippen LogP contribution in [0.1, 0.15) is 50.3 Å². The van der Waals surface area contributed by atoms with Gasteiger partial charge in [0.2, 0.25) is 0 Å². The highest BCUT2D eigenvalue weighted by Gasteiger charge is 2.34. The van der Waals surface area contributed by atoms with Crippen LogP contribution in [0.3, 0.4) is 0 Å². The second-order valence-electron chi connectivity index (χ2n) is 7.22. The predicted octanol–water partition coefficient (Wildman–Crippen LogP) is 3.73. The Bertz CT molecular complexity index is 639.